The molecule has 1 amide bonds. The SMILES string of the molecule is CCOc1ccc(Cl)cc1NC(=O)CCC(C)O. The molecule has 100 valence electrons. The summed E-state index contributed by atoms with van der Waals surface area (Å²) in [7, 11) is 0. The summed E-state index contributed by atoms with van der Waals surface area (Å²) in [6.07, 6.45) is 0.202. The van der Waals surface area contributed by atoms with Gasteiger partial charge in [-0.3, -0.25) is 4.79 Å². The van der Waals surface area contributed by atoms with Crippen molar-refractivity contribution in [2.24, 2.45) is 0 Å². The normalized spacial score (nSPS) is 12.0. The predicted octanol–water partition coefficient (Wildman–Crippen LogP) is 2.84. The number of carbonyl (C=O) groups excluding carboxylic acids is 1. The van der Waals surface area contributed by atoms with Crippen LogP contribution >= 0.6 is 11.6 Å². The van der Waals surface area contributed by atoms with Crippen LogP contribution in [0.15, 0.2) is 18.2 Å². The van der Waals surface area contributed by atoms with Gasteiger partial charge in [0, 0.05) is 11.4 Å². The largest absolute Gasteiger partial charge is 0.492 e. The summed E-state index contributed by atoms with van der Waals surface area (Å²) in [6, 6.07) is 5.07. The molecule has 1 unspecified atom stereocenters. The van der Waals surface area contributed by atoms with Gasteiger partial charge in [-0.05, 0) is 38.5 Å². The average molecular weight is 272 g/mol. The van der Waals surface area contributed by atoms with Gasteiger partial charge in [0.05, 0.1) is 18.4 Å². The van der Waals surface area contributed by atoms with Gasteiger partial charge in [0.25, 0.3) is 0 Å². The Morgan fingerprint density at radius 1 is 1.56 bits per heavy atom. The molecule has 0 fully saturated rings. The second-order valence-corrected chi connectivity index (χ2v) is 4.45. The Hall–Kier alpha value is -1.26. The first-order chi connectivity index (χ1) is 8.52. The second kappa shape index (κ2) is 7.24. The number of halogens is 1. The molecule has 5 heteroatoms. The van der Waals surface area contributed by atoms with Crippen LogP contribution in [-0.4, -0.2) is 23.7 Å². The molecule has 2 N–H and O–H groups in total. The molecule has 1 atom stereocenters. The zero-order chi connectivity index (χ0) is 13.5. The number of hydrogen-bond acceptors (Lipinski definition) is 3. The molecule has 1 aromatic rings. The topological polar surface area (TPSA) is 58.6 Å². The van der Waals surface area contributed by atoms with E-state index in [0.29, 0.717) is 29.5 Å². The molecule has 4 nitrogen and oxygen atoms in total. The molecule has 0 saturated heterocycles. The third-order valence-electron chi connectivity index (χ3n) is 2.30. The van der Waals surface area contributed by atoms with Crippen LogP contribution in [-0.2, 0) is 4.79 Å². The second-order valence-electron chi connectivity index (χ2n) is 4.01. The Morgan fingerprint density at radius 2 is 2.28 bits per heavy atom. The van der Waals surface area contributed by atoms with Crippen LogP contribution in [0.4, 0.5) is 5.69 Å². The molecule has 0 aliphatic rings. The standard InChI is InChI=1S/C13H18ClNO3/c1-3-18-12-6-5-10(14)8-11(12)15-13(17)7-4-9(2)16/h5-6,8-9,16H,3-4,7H2,1-2H3,(H,15,17). The molecule has 0 aromatic heterocycles. The molecule has 1 aromatic carbocycles. The number of aliphatic hydroxyl groups excluding tert-OH is 1. The molecular formula is C13H18ClNO3. The van der Waals surface area contributed by atoms with Gasteiger partial charge in [-0.2, -0.15) is 0 Å². The van der Waals surface area contributed by atoms with Gasteiger partial charge in [-0.25, -0.2) is 0 Å². The van der Waals surface area contributed by atoms with Crippen molar-refractivity contribution < 1.29 is 14.6 Å². The fourth-order valence-corrected chi connectivity index (χ4v) is 1.61. The summed E-state index contributed by atoms with van der Waals surface area (Å²) in [5.41, 5.74) is 0.556. The number of amides is 1. The van der Waals surface area contributed by atoms with E-state index in [-0.39, 0.29) is 12.3 Å². The summed E-state index contributed by atoms with van der Waals surface area (Å²) in [6.45, 7) is 4.03. The number of rotatable bonds is 6. The highest BCUT2D eigenvalue weighted by Crippen LogP contribution is 2.28. The Kier molecular flexibility index (Phi) is 5.95. The number of aliphatic hydroxyl groups is 1. The Labute approximate surface area is 112 Å². The number of anilines is 1. The van der Waals surface area contributed by atoms with Crippen molar-refractivity contribution in [2.45, 2.75) is 32.8 Å². The molecule has 0 aliphatic carbocycles. The highest BCUT2D eigenvalue weighted by molar-refractivity contribution is 6.31. The van der Waals surface area contributed by atoms with Gasteiger partial charge >= 0.3 is 0 Å². The van der Waals surface area contributed by atoms with Crippen molar-refractivity contribution in [3.05, 3.63) is 23.2 Å². The zero-order valence-corrected chi connectivity index (χ0v) is 11.3. The number of carbonyl (C=O) groups is 1. The van der Waals surface area contributed by atoms with Crippen LogP contribution in [0.25, 0.3) is 0 Å². The number of nitrogens with one attached hydrogen (secondary N) is 1. The molecule has 1 rings (SSSR count). The Morgan fingerprint density at radius 3 is 2.89 bits per heavy atom. The highest BCUT2D eigenvalue weighted by Gasteiger charge is 2.09. The quantitative estimate of drug-likeness (QED) is 0.836. The Bertz CT molecular complexity index is 407. The first-order valence-electron chi connectivity index (χ1n) is 5.93. The maximum Gasteiger partial charge on any atom is 0.224 e. The van der Waals surface area contributed by atoms with E-state index in [4.69, 9.17) is 21.4 Å². The van der Waals surface area contributed by atoms with E-state index in [2.05, 4.69) is 5.32 Å². The maximum absolute atomic E-state index is 11.7. The fourth-order valence-electron chi connectivity index (χ4n) is 1.43. The van der Waals surface area contributed by atoms with Crippen molar-refractivity contribution in [1.29, 1.82) is 0 Å². The molecule has 0 saturated carbocycles. The summed E-state index contributed by atoms with van der Waals surface area (Å²) < 4.78 is 5.40. The first-order valence-corrected chi connectivity index (χ1v) is 6.31. The lowest BCUT2D eigenvalue weighted by atomic mass is 10.2. The third-order valence-corrected chi connectivity index (χ3v) is 2.54. The lowest BCUT2D eigenvalue weighted by Gasteiger charge is -2.12. The number of ether oxygens (including phenoxy) is 1. The van der Waals surface area contributed by atoms with E-state index in [1.54, 1.807) is 25.1 Å². The molecule has 0 bridgehead atoms. The van der Waals surface area contributed by atoms with Gasteiger partial charge in [0.1, 0.15) is 5.75 Å². The van der Waals surface area contributed by atoms with Crippen molar-refractivity contribution in [3.8, 4) is 5.75 Å². The molecule has 0 heterocycles. The van der Waals surface area contributed by atoms with E-state index >= 15 is 0 Å². The summed E-state index contributed by atoms with van der Waals surface area (Å²) >= 11 is 5.88. The Balaban J connectivity index is 2.69. The van der Waals surface area contributed by atoms with Crippen LogP contribution in [0, 0.1) is 0 Å². The maximum atomic E-state index is 11.7. The van der Waals surface area contributed by atoms with Crippen LogP contribution < -0.4 is 10.1 Å². The van der Waals surface area contributed by atoms with E-state index < -0.39 is 6.10 Å². The number of hydrogen-bond donors (Lipinski definition) is 2. The van der Waals surface area contributed by atoms with Gasteiger partial charge in [0.15, 0.2) is 0 Å². The van der Waals surface area contributed by atoms with E-state index in [1.807, 2.05) is 6.92 Å². The van der Waals surface area contributed by atoms with E-state index in [1.165, 1.54) is 0 Å². The monoisotopic (exact) mass is 271 g/mol. The first kappa shape index (κ1) is 14.8. The van der Waals surface area contributed by atoms with Crippen molar-refractivity contribution in [3.63, 3.8) is 0 Å². The van der Waals surface area contributed by atoms with E-state index in [0.717, 1.165) is 0 Å². The highest BCUT2D eigenvalue weighted by atomic mass is 35.5. The lowest BCUT2D eigenvalue weighted by molar-refractivity contribution is -0.116. The smallest absolute Gasteiger partial charge is 0.224 e. The predicted molar refractivity (Wildman–Crippen MR) is 72.2 cm³/mol. The van der Waals surface area contributed by atoms with Crippen LogP contribution in [0.5, 0.6) is 5.75 Å². The molecule has 18 heavy (non-hydrogen) atoms. The zero-order valence-electron chi connectivity index (χ0n) is 10.6. The minimum atomic E-state index is -0.485. The molecule has 0 spiro atoms. The van der Waals surface area contributed by atoms with Crippen LogP contribution in [0.1, 0.15) is 26.7 Å². The van der Waals surface area contributed by atoms with E-state index in [9.17, 15) is 4.79 Å². The summed E-state index contributed by atoms with van der Waals surface area (Å²) in [4.78, 5) is 11.7. The summed E-state index contributed by atoms with van der Waals surface area (Å²) in [5, 5.41) is 12.4. The minimum absolute atomic E-state index is 0.167. The molecule has 0 radical (unpaired) electrons. The lowest BCUT2D eigenvalue weighted by Crippen LogP contribution is -2.14. The number of benzene rings is 1. The molecule has 0 aliphatic heterocycles. The van der Waals surface area contributed by atoms with Gasteiger partial charge < -0.3 is 15.2 Å². The molecular weight excluding hydrogens is 254 g/mol. The van der Waals surface area contributed by atoms with Gasteiger partial charge in [-0.1, -0.05) is 11.6 Å². The van der Waals surface area contributed by atoms with Crippen molar-refractivity contribution in [1.82, 2.24) is 0 Å². The van der Waals surface area contributed by atoms with Crippen molar-refractivity contribution >= 4 is 23.2 Å². The van der Waals surface area contributed by atoms with Crippen LogP contribution in [0.2, 0.25) is 5.02 Å². The van der Waals surface area contributed by atoms with Gasteiger partial charge in [-0.15, -0.1) is 0 Å². The van der Waals surface area contributed by atoms with Gasteiger partial charge in [0.2, 0.25) is 5.91 Å². The fraction of sp³-hybridized carbons (Fsp3) is 0.462. The van der Waals surface area contributed by atoms with Crippen LogP contribution in [0.3, 0.4) is 0 Å². The van der Waals surface area contributed by atoms with Crippen molar-refractivity contribution in [2.75, 3.05) is 11.9 Å². The summed E-state index contributed by atoms with van der Waals surface area (Å²) in [5.74, 6) is 0.423. The minimum Gasteiger partial charge on any atom is -0.492 e. The third kappa shape index (κ3) is 4.94. The average Bonchev–Trinajstić information content (AvgIpc) is 2.30.